The van der Waals surface area contributed by atoms with Crippen LogP contribution in [0.15, 0.2) is 27.8 Å². The van der Waals surface area contributed by atoms with E-state index in [2.05, 4.69) is 11.1 Å². The molecule has 0 saturated carbocycles. The van der Waals surface area contributed by atoms with E-state index in [1.54, 1.807) is 7.05 Å². The van der Waals surface area contributed by atoms with Gasteiger partial charge in [0.1, 0.15) is 0 Å². The molecule has 4 heteroatoms. The third kappa shape index (κ3) is 2.46. The van der Waals surface area contributed by atoms with Crippen LogP contribution in [-0.4, -0.2) is 9.55 Å². The van der Waals surface area contributed by atoms with Gasteiger partial charge in [-0.3, -0.25) is 14.3 Å². The van der Waals surface area contributed by atoms with Crippen LogP contribution in [0.1, 0.15) is 36.5 Å². The fourth-order valence-electron chi connectivity index (χ4n) is 2.63. The molecule has 106 valence electrons. The van der Waals surface area contributed by atoms with Crippen molar-refractivity contribution in [3.8, 4) is 11.3 Å². The molecule has 0 unspecified atom stereocenters. The van der Waals surface area contributed by atoms with Crippen LogP contribution < -0.4 is 11.2 Å². The zero-order chi connectivity index (χ0) is 15.0. The number of hydrogen-bond donors (Lipinski definition) is 1. The van der Waals surface area contributed by atoms with E-state index in [1.807, 2.05) is 39.8 Å². The Morgan fingerprint density at radius 3 is 2.10 bits per heavy atom. The maximum absolute atomic E-state index is 12.1. The third-order valence-electron chi connectivity index (χ3n) is 3.43. The first-order chi connectivity index (χ1) is 9.31. The molecule has 1 aromatic carbocycles. The summed E-state index contributed by atoms with van der Waals surface area (Å²) in [6.07, 6.45) is 0. The Labute approximate surface area is 118 Å². The van der Waals surface area contributed by atoms with Crippen LogP contribution in [0, 0.1) is 13.8 Å². The van der Waals surface area contributed by atoms with Gasteiger partial charge in [-0.25, -0.2) is 4.79 Å². The van der Waals surface area contributed by atoms with Crippen LogP contribution in [0.5, 0.6) is 0 Å². The molecule has 1 aromatic heterocycles. The zero-order valence-electron chi connectivity index (χ0n) is 12.6. The van der Waals surface area contributed by atoms with Crippen LogP contribution in [0.3, 0.4) is 0 Å². The molecule has 4 nitrogen and oxygen atoms in total. The second kappa shape index (κ2) is 5.12. The molecule has 0 saturated heterocycles. The minimum Gasteiger partial charge on any atom is -0.296 e. The summed E-state index contributed by atoms with van der Waals surface area (Å²) in [7, 11) is 1.69. The molecule has 1 N–H and O–H groups in total. The van der Waals surface area contributed by atoms with E-state index in [0.29, 0.717) is 11.3 Å². The molecule has 0 aliphatic rings. The summed E-state index contributed by atoms with van der Waals surface area (Å²) in [5.41, 5.74) is 3.82. The van der Waals surface area contributed by atoms with Crippen LogP contribution in [0.25, 0.3) is 11.3 Å². The number of aryl methyl sites for hydroxylation is 2. The molecule has 0 amide bonds. The number of nitrogens with one attached hydrogen (secondary N) is 1. The zero-order valence-corrected chi connectivity index (χ0v) is 12.6. The Bertz CT molecular complexity index is 747. The van der Waals surface area contributed by atoms with E-state index in [0.717, 1.165) is 16.7 Å². The maximum Gasteiger partial charge on any atom is 0.328 e. The number of nitrogens with zero attached hydrogens (tertiary/aromatic N) is 1. The predicted molar refractivity (Wildman–Crippen MR) is 81.3 cm³/mol. The Morgan fingerprint density at radius 1 is 1.05 bits per heavy atom. The van der Waals surface area contributed by atoms with E-state index in [9.17, 15) is 9.59 Å². The topological polar surface area (TPSA) is 54.9 Å². The van der Waals surface area contributed by atoms with Crippen LogP contribution in [0.4, 0.5) is 0 Å². The Morgan fingerprint density at radius 2 is 1.60 bits per heavy atom. The SMILES string of the molecule is Cc1cc(C)cc(-c2c(C(C)C)c(=O)[nH]c(=O)n2C)c1. The van der Waals surface area contributed by atoms with Gasteiger partial charge in [-0.15, -0.1) is 0 Å². The van der Waals surface area contributed by atoms with Crippen molar-refractivity contribution in [3.05, 3.63) is 55.7 Å². The van der Waals surface area contributed by atoms with Crippen molar-refractivity contribution in [2.24, 2.45) is 7.05 Å². The predicted octanol–water partition coefficient (Wildman–Crippen LogP) is 2.48. The minimum atomic E-state index is -0.381. The first-order valence-electron chi connectivity index (χ1n) is 6.73. The van der Waals surface area contributed by atoms with Gasteiger partial charge in [-0.1, -0.05) is 31.0 Å². The summed E-state index contributed by atoms with van der Waals surface area (Å²) in [6, 6.07) is 6.09. The van der Waals surface area contributed by atoms with Gasteiger partial charge in [0.25, 0.3) is 5.56 Å². The Hall–Kier alpha value is -2.10. The van der Waals surface area contributed by atoms with Crippen molar-refractivity contribution in [2.75, 3.05) is 0 Å². The molecule has 1 heterocycles. The quantitative estimate of drug-likeness (QED) is 0.913. The number of aromatic nitrogens is 2. The fourth-order valence-corrected chi connectivity index (χ4v) is 2.63. The van der Waals surface area contributed by atoms with Crippen molar-refractivity contribution in [2.45, 2.75) is 33.6 Å². The van der Waals surface area contributed by atoms with Crippen molar-refractivity contribution >= 4 is 0 Å². The lowest BCUT2D eigenvalue weighted by molar-refractivity contribution is 0.751. The molecule has 20 heavy (non-hydrogen) atoms. The molecule has 0 atom stereocenters. The Balaban J connectivity index is 2.91. The maximum atomic E-state index is 12.1. The molecule has 0 radical (unpaired) electrons. The second-order valence-electron chi connectivity index (χ2n) is 5.61. The number of aromatic amines is 1. The highest BCUT2D eigenvalue weighted by molar-refractivity contribution is 5.65. The summed E-state index contributed by atoms with van der Waals surface area (Å²) in [6.45, 7) is 7.94. The molecule has 0 aliphatic carbocycles. The number of H-pyrrole nitrogens is 1. The van der Waals surface area contributed by atoms with Gasteiger partial charge in [0.15, 0.2) is 0 Å². The largest absolute Gasteiger partial charge is 0.328 e. The van der Waals surface area contributed by atoms with E-state index >= 15 is 0 Å². The summed E-state index contributed by atoms with van der Waals surface area (Å²) < 4.78 is 1.52. The molecule has 2 rings (SSSR count). The fraction of sp³-hybridized carbons (Fsp3) is 0.375. The first kappa shape index (κ1) is 14.3. The lowest BCUT2D eigenvalue weighted by Gasteiger charge is -2.16. The molecule has 0 fully saturated rings. The highest BCUT2D eigenvalue weighted by Crippen LogP contribution is 2.26. The summed E-state index contributed by atoms with van der Waals surface area (Å²) in [4.78, 5) is 26.4. The monoisotopic (exact) mass is 272 g/mol. The van der Waals surface area contributed by atoms with Gasteiger partial charge in [0.05, 0.1) is 5.69 Å². The summed E-state index contributed by atoms with van der Waals surface area (Å²) in [5, 5.41) is 0. The molecule has 2 aromatic rings. The summed E-state index contributed by atoms with van der Waals surface area (Å²) in [5.74, 6) is 0.0429. The van der Waals surface area contributed by atoms with Crippen molar-refractivity contribution in [3.63, 3.8) is 0 Å². The van der Waals surface area contributed by atoms with Gasteiger partial charge in [-0.2, -0.15) is 0 Å². The van der Waals surface area contributed by atoms with Crippen molar-refractivity contribution < 1.29 is 0 Å². The van der Waals surface area contributed by atoms with Gasteiger partial charge in [0.2, 0.25) is 0 Å². The van der Waals surface area contributed by atoms with Crippen LogP contribution in [0.2, 0.25) is 0 Å². The van der Waals surface area contributed by atoms with Gasteiger partial charge < -0.3 is 0 Å². The second-order valence-corrected chi connectivity index (χ2v) is 5.61. The molecular formula is C16H20N2O2. The average Bonchev–Trinajstić information content (AvgIpc) is 2.31. The minimum absolute atomic E-state index is 0.0429. The first-order valence-corrected chi connectivity index (χ1v) is 6.73. The van der Waals surface area contributed by atoms with Crippen molar-refractivity contribution in [1.29, 1.82) is 0 Å². The number of rotatable bonds is 2. The Kier molecular flexibility index (Phi) is 3.66. The van der Waals surface area contributed by atoms with E-state index < -0.39 is 0 Å². The van der Waals surface area contributed by atoms with Crippen molar-refractivity contribution in [1.82, 2.24) is 9.55 Å². The smallest absolute Gasteiger partial charge is 0.296 e. The van der Waals surface area contributed by atoms with E-state index in [4.69, 9.17) is 0 Å². The normalized spacial score (nSPS) is 11.1. The average molecular weight is 272 g/mol. The van der Waals surface area contributed by atoms with Crippen LogP contribution >= 0.6 is 0 Å². The lowest BCUT2D eigenvalue weighted by Crippen LogP contribution is -2.33. The highest BCUT2D eigenvalue weighted by Gasteiger charge is 2.17. The molecule has 0 aliphatic heterocycles. The van der Waals surface area contributed by atoms with Gasteiger partial charge in [0, 0.05) is 12.6 Å². The van der Waals surface area contributed by atoms with E-state index in [1.165, 1.54) is 4.57 Å². The third-order valence-corrected chi connectivity index (χ3v) is 3.43. The number of hydrogen-bond acceptors (Lipinski definition) is 2. The van der Waals surface area contributed by atoms with Gasteiger partial charge in [-0.05, 0) is 37.5 Å². The summed E-state index contributed by atoms with van der Waals surface area (Å²) >= 11 is 0. The molecule has 0 bridgehead atoms. The highest BCUT2D eigenvalue weighted by atomic mass is 16.2. The molecular weight excluding hydrogens is 252 g/mol. The number of benzene rings is 1. The standard InChI is InChI=1S/C16H20N2O2/c1-9(2)13-14(18(5)16(20)17-15(13)19)12-7-10(3)6-11(4)8-12/h6-9H,1-5H3,(H,17,19,20). The van der Waals surface area contributed by atoms with E-state index in [-0.39, 0.29) is 17.2 Å². The lowest BCUT2D eigenvalue weighted by atomic mass is 9.96. The van der Waals surface area contributed by atoms with Crippen LogP contribution in [-0.2, 0) is 7.05 Å². The van der Waals surface area contributed by atoms with Gasteiger partial charge >= 0.3 is 5.69 Å². The molecule has 0 spiro atoms.